The lowest BCUT2D eigenvalue weighted by atomic mass is 10.1. The molecule has 1 saturated carbocycles. The quantitative estimate of drug-likeness (QED) is 0.821. The van der Waals surface area contributed by atoms with Crippen molar-refractivity contribution in [2.75, 3.05) is 0 Å². The summed E-state index contributed by atoms with van der Waals surface area (Å²) >= 11 is 0. The average Bonchev–Trinajstić information content (AvgIpc) is 3.06. The highest BCUT2D eigenvalue weighted by molar-refractivity contribution is 5.53. The number of nitrogens with zero attached hydrogens (tertiary/aromatic N) is 2. The van der Waals surface area contributed by atoms with Gasteiger partial charge in [0, 0.05) is 11.5 Å². The van der Waals surface area contributed by atoms with Crippen LogP contribution in [-0.2, 0) is 6.18 Å². The minimum absolute atomic E-state index is 0.269. The van der Waals surface area contributed by atoms with Gasteiger partial charge in [-0.15, -0.1) is 10.2 Å². The van der Waals surface area contributed by atoms with Gasteiger partial charge in [0.15, 0.2) is 0 Å². The van der Waals surface area contributed by atoms with E-state index < -0.39 is 11.7 Å². The predicted molar refractivity (Wildman–Crippen MR) is 56.7 cm³/mol. The van der Waals surface area contributed by atoms with Gasteiger partial charge in [-0.1, -0.05) is 0 Å². The summed E-state index contributed by atoms with van der Waals surface area (Å²) < 4.78 is 42.6. The molecule has 1 aliphatic carbocycles. The molecule has 0 amide bonds. The third kappa shape index (κ3) is 2.10. The van der Waals surface area contributed by atoms with Crippen molar-refractivity contribution in [3.63, 3.8) is 0 Å². The fourth-order valence-electron chi connectivity index (χ4n) is 1.65. The molecule has 0 bridgehead atoms. The topological polar surface area (TPSA) is 38.9 Å². The van der Waals surface area contributed by atoms with E-state index in [-0.39, 0.29) is 5.89 Å². The van der Waals surface area contributed by atoms with Crippen LogP contribution < -0.4 is 0 Å². The first-order valence-corrected chi connectivity index (χ1v) is 5.55. The molecule has 1 aromatic heterocycles. The van der Waals surface area contributed by atoms with E-state index >= 15 is 0 Å². The van der Waals surface area contributed by atoms with Gasteiger partial charge in [0.1, 0.15) is 0 Å². The molecule has 1 aliphatic rings. The van der Waals surface area contributed by atoms with E-state index in [9.17, 15) is 13.2 Å². The van der Waals surface area contributed by atoms with Gasteiger partial charge in [-0.2, -0.15) is 13.2 Å². The molecule has 0 N–H and O–H groups in total. The summed E-state index contributed by atoms with van der Waals surface area (Å²) in [6.45, 7) is 0. The lowest BCUT2D eigenvalue weighted by Gasteiger charge is -2.05. The van der Waals surface area contributed by atoms with E-state index in [1.54, 1.807) is 0 Å². The highest BCUT2D eigenvalue weighted by Crippen LogP contribution is 2.40. The van der Waals surface area contributed by atoms with E-state index in [4.69, 9.17) is 4.42 Å². The van der Waals surface area contributed by atoms with E-state index in [1.807, 2.05) is 0 Å². The Morgan fingerprint density at radius 2 is 1.72 bits per heavy atom. The van der Waals surface area contributed by atoms with Gasteiger partial charge in [0.05, 0.1) is 5.56 Å². The molecule has 3 rings (SSSR count). The first-order chi connectivity index (χ1) is 8.54. The predicted octanol–water partition coefficient (Wildman–Crippen LogP) is 3.63. The number of hydrogen-bond acceptors (Lipinski definition) is 3. The minimum Gasteiger partial charge on any atom is -0.420 e. The van der Waals surface area contributed by atoms with Crippen molar-refractivity contribution in [1.29, 1.82) is 0 Å². The van der Waals surface area contributed by atoms with Crippen molar-refractivity contribution in [2.45, 2.75) is 24.9 Å². The lowest BCUT2D eigenvalue weighted by molar-refractivity contribution is -0.137. The van der Waals surface area contributed by atoms with Crippen LogP contribution in [0.25, 0.3) is 11.5 Å². The second-order valence-corrected chi connectivity index (χ2v) is 4.29. The van der Waals surface area contributed by atoms with Crippen LogP contribution in [0.2, 0.25) is 0 Å². The zero-order valence-corrected chi connectivity index (χ0v) is 9.24. The second kappa shape index (κ2) is 3.83. The summed E-state index contributed by atoms with van der Waals surface area (Å²) in [6.07, 6.45) is -2.25. The molecule has 6 heteroatoms. The molecule has 0 aliphatic heterocycles. The fraction of sp³-hybridized carbons (Fsp3) is 0.333. The van der Waals surface area contributed by atoms with Crippen molar-refractivity contribution in [2.24, 2.45) is 0 Å². The van der Waals surface area contributed by atoms with Crippen LogP contribution in [0.15, 0.2) is 28.7 Å². The molecule has 0 radical (unpaired) electrons. The van der Waals surface area contributed by atoms with Gasteiger partial charge in [-0.25, -0.2) is 0 Å². The number of halogens is 3. The van der Waals surface area contributed by atoms with Gasteiger partial charge in [0.25, 0.3) is 0 Å². The van der Waals surface area contributed by atoms with Crippen LogP contribution >= 0.6 is 0 Å². The largest absolute Gasteiger partial charge is 0.420 e. The summed E-state index contributed by atoms with van der Waals surface area (Å²) in [5.74, 6) is 1.18. The monoisotopic (exact) mass is 254 g/mol. The summed E-state index contributed by atoms with van der Waals surface area (Å²) in [7, 11) is 0. The van der Waals surface area contributed by atoms with Crippen molar-refractivity contribution >= 4 is 0 Å². The molecule has 0 atom stereocenters. The van der Waals surface area contributed by atoms with Crippen LogP contribution in [0, 0.1) is 0 Å². The van der Waals surface area contributed by atoms with Gasteiger partial charge in [0.2, 0.25) is 11.8 Å². The highest BCUT2D eigenvalue weighted by atomic mass is 19.4. The second-order valence-electron chi connectivity index (χ2n) is 4.29. The minimum atomic E-state index is -4.33. The van der Waals surface area contributed by atoms with E-state index in [2.05, 4.69) is 10.2 Å². The van der Waals surface area contributed by atoms with Crippen molar-refractivity contribution in [1.82, 2.24) is 10.2 Å². The molecule has 3 nitrogen and oxygen atoms in total. The Bertz CT molecular complexity index is 555. The molecule has 18 heavy (non-hydrogen) atoms. The number of hydrogen-bond donors (Lipinski definition) is 0. The fourth-order valence-corrected chi connectivity index (χ4v) is 1.65. The molecule has 0 spiro atoms. The molecule has 0 saturated heterocycles. The summed E-state index contributed by atoms with van der Waals surface area (Å²) in [5.41, 5.74) is -0.185. The van der Waals surface area contributed by atoms with Crippen molar-refractivity contribution < 1.29 is 17.6 Å². The average molecular weight is 254 g/mol. The third-order valence-corrected chi connectivity index (χ3v) is 2.83. The SMILES string of the molecule is FC(F)(F)c1ccc(-c2nnc(C3CC3)o2)cc1. The third-order valence-electron chi connectivity index (χ3n) is 2.83. The molecule has 0 unspecified atom stereocenters. The Morgan fingerprint density at radius 3 is 2.28 bits per heavy atom. The number of aromatic nitrogens is 2. The maximum absolute atomic E-state index is 12.4. The maximum atomic E-state index is 12.4. The van der Waals surface area contributed by atoms with Crippen LogP contribution in [0.5, 0.6) is 0 Å². The first-order valence-electron chi connectivity index (χ1n) is 5.55. The van der Waals surface area contributed by atoms with Gasteiger partial charge < -0.3 is 4.42 Å². The molecule has 2 aromatic rings. The Labute approximate surface area is 101 Å². The number of benzene rings is 1. The van der Waals surface area contributed by atoms with Crippen molar-refractivity contribution in [3.05, 3.63) is 35.7 Å². The number of alkyl halides is 3. The van der Waals surface area contributed by atoms with Crippen LogP contribution in [0.3, 0.4) is 0 Å². The smallest absolute Gasteiger partial charge is 0.416 e. The Hall–Kier alpha value is -1.85. The van der Waals surface area contributed by atoms with Gasteiger partial charge in [-0.05, 0) is 37.1 Å². The first kappa shape index (κ1) is 11.3. The Morgan fingerprint density at radius 1 is 1.06 bits per heavy atom. The van der Waals surface area contributed by atoms with Gasteiger partial charge in [-0.3, -0.25) is 0 Å². The number of rotatable bonds is 2. The Kier molecular flexibility index (Phi) is 2.39. The van der Waals surface area contributed by atoms with Gasteiger partial charge >= 0.3 is 6.18 Å². The Balaban J connectivity index is 1.87. The summed E-state index contributed by atoms with van der Waals surface area (Å²) in [4.78, 5) is 0. The molecular formula is C12H9F3N2O. The van der Waals surface area contributed by atoms with Crippen LogP contribution in [0.4, 0.5) is 13.2 Å². The molecule has 1 fully saturated rings. The van der Waals surface area contributed by atoms with E-state index in [1.165, 1.54) is 12.1 Å². The lowest BCUT2D eigenvalue weighted by Crippen LogP contribution is -2.03. The van der Waals surface area contributed by atoms with Crippen LogP contribution in [0.1, 0.15) is 30.2 Å². The zero-order valence-electron chi connectivity index (χ0n) is 9.24. The molecular weight excluding hydrogens is 245 g/mol. The zero-order chi connectivity index (χ0) is 12.8. The van der Waals surface area contributed by atoms with Crippen LogP contribution in [-0.4, -0.2) is 10.2 Å². The molecule has 94 valence electrons. The normalized spacial score (nSPS) is 15.9. The molecule has 1 heterocycles. The molecule has 1 aromatic carbocycles. The van der Waals surface area contributed by atoms with E-state index in [0.717, 1.165) is 25.0 Å². The standard InChI is InChI=1S/C12H9F3N2O/c13-12(14,15)9-5-3-8(4-6-9)11-17-16-10(18-11)7-1-2-7/h3-7H,1-2H2. The van der Waals surface area contributed by atoms with E-state index in [0.29, 0.717) is 17.4 Å². The maximum Gasteiger partial charge on any atom is 0.416 e. The highest BCUT2D eigenvalue weighted by Gasteiger charge is 2.31. The summed E-state index contributed by atoms with van der Waals surface area (Å²) in [6, 6.07) is 4.70. The summed E-state index contributed by atoms with van der Waals surface area (Å²) in [5, 5.41) is 7.73. The van der Waals surface area contributed by atoms with Crippen molar-refractivity contribution in [3.8, 4) is 11.5 Å².